The van der Waals surface area contributed by atoms with E-state index in [-0.39, 0.29) is 0 Å². The van der Waals surface area contributed by atoms with Gasteiger partial charge in [-0.05, 0) is 28.1 Å². The topological polar surface area (TPSA) is 9.23 Å². The van der Waals surface area contributed by atoms with Crippen LogP contribution < -0.4 is 4.74 Å². The van der Waals surface area contributed by atoms with Crippen molar-refractivity contribution >= 4 is 37.5 Å². The molecular weight excluding hydrogens is 336 g/mol. The Morgan fingerprint density at radius 3 is 1.55 bits per heavy atom. The average Bonchev–Trinajstić information content (AvgIpc) is 2.59. The molecule has 0 unspecified atom stereocenters. The summed E-state index contributed by atoms with van der Waals surface area (Å²) in [4.78, 5) is 0. The molecule has 0 aliphatic heterocycles. The van der Waals surface area contributed by atoms with E-state index >= 15 is 0 Å². The maximum absolute atomic E-state index is 6.24. The van der Waals surface area contributed by atoms with Crippen molar-refractivity contribution in [2.75, 3.05) is 0 Å². The molecule has 0 bridgehead atoms. The summed E-state index contributed by atoms with van der Waals surface area (Å²) >= 11 is 3.75. The molecule has 0 N–H and O–H groups in total. The highest BCUT2D eigenvalue weighted by Gasteiger charge is 2.13. The van der Waals surface area contributed by atoms with E-state index in [1.165, 1.54) is 0 Å². The van der Waals surface area contributed by atoms with Crippen molar-refractivity contribution in [3.8, 4) is 11.5 Å². The van der Waals surface area contributed by atoms with Crippen molar-refractivity contribution in [2.45, 2.75) is 0 Å². The highest BCUT2D eigenvalue weighted by atomic mass is 79.9. The van der Waals surface area contributed by atoms with Crippen molar-refractivity contribution in [1.82, 2.24) is 0 Å². The van der Waals surface area contributed by atoms with Gasteiger partial charge >= 0.3 is 0 Å². The fraction of sp³-hybridized carbons (Fsp3) is 0. The zero-order valence-electron chi connectivity index (χ0n) is 11.8. The van der Waals surface area contributed by atoms with Gasteiger partial charge in [-0.25, -0.2) is 0 Å². The Balaban J connectivity index is 2.07. The van der Waals surface area contributed by atoms with Crippen molar-refractivity contribution in [1.29, 1.82) is 0 Å². The van der Waals surface area contributed by atoms with Crippen LogP contribution in [0.3, 0.4) is 0 Å². The van der Waals surface area contributed by atoms with Gasteiger partial charge in [0.1, 0.15) is 11.5 Å². The smallest absolute Gasteiger partial charge is 0.143 e. The van der Waals surface area contributed by atoms with Crippen LogP contribution in [0.4, 0.5) is 0 Å². The van der Waals surface area contributed by atoms with Gasteiger partial charge in [0.05, 0.1) is 0 Å². The first kappa shape index (κ1) is 13.4. The quantitative estimate of drug-likeness (QED) is 0.373. The van der Waals surface area contributed by atoms with Gasteiger partial charge in [0.25, 0.3) is 0 Å². The van der Waals surface area contributed by atoms with E-state index in [1.54, 1.807) is 0 Å². The zero-order valence-corrected chi connectivity index (χ0v) is 13.4. The minimum absolute atomic E-state index is 0.847. The Morgan fingerprint density at radius 1 is 0.545 bits per heavy atom. The Hall–Kier alpha value is -2.32. The minimum atomic E-state index is 0.847. The molecule has 0 heterocycles. The summed E-state index contributed by atoms with van der Waals surface area (Å²) in [5, 5.41) is 4.54. The van der Waals surface area contributed by atoms with Crippen molar-refractivity contribution in [3.05, 3.63) is 83.3 Å². The second-order valence-corrected chi connectivity index (χ2v) is 5.94. The number of benzene rings is 4. The van der Waals surface area contributed by atoms with Gasteiger partial charge in [-0.2, -0.15) is 0 Å². The number of ether oxygens (including phenoxy) is 1. The number of fused-ring (bicyclic) bond motifs is 2. The third kappa shape index (κ3) is 2.16. The largest absolute Gasteiger partial charge is 0.456 e. The lowest BCUT2D eigenvalue weighted by molar-refractivity contribution is 0.494. The van der Waals surface area contributed by atoms with E-state index in [0.717, 1.165) is 37.5 Å². The predicted molar refractivity (Wildman–Crippen MR) is 95.7 cm³/mol. The Morgan fingerprint density at radius 2 is 1.00 bits per heavy atom. The van der Waals surface area contributed by atoms with Crippen LogP contribution in [0.1, 0.15) is 0 Å². The van der Waals surface area contributed by atoms with Gasteiger partial charge in [0, 0.05) is 26.0 Å². The molecule has 0 fully saturated rings. The molecule has 0 saturated heterocycles. The van der Waals surface area contributed by atoms with Crippen LogP contribution in [0, 0.1) is 0 Å². The summed E-state index contributed by atoms with van der Waals surface area (Å²) in [6.45, 7) is 0. The lowest BCUT2D eigenvalue weighted by Crippen LogP contribution is -1.89. The van der Waals surface area contributed by atoms with Crippen LogP contribution in [0.15, 0.2) is 83.3 Å². The molecule has 0 spiro atoms. The first-order valence-electron chi connectivity index (χ1n) is 7.16. The Bertz CT molecular complexity index is 904. The van der Waals surface area contributed by atoms with Crippen LogP contribution in [0.5, 0.6) is 11.5 Å². The van der Waals surface area contributed by atoms with Gasteiger partial charge < -0.3 is 4.74 Å². The van der Waals surface area contributed by atoms with E-state index in [2.05, 4.69) is 40.2 Å². The number of halogens is 1. The maximum atomic E-state index is 6.24. The molecule has 0 aliphatic carbocycles. The van der Waals surface area contributed by atoms with Crippen LogP contribution >= 0.6 is 15.9 Å². The summed E-state index contributed by atoms with van der Waals surface area (Å²) in [6, 6.07) is 26.5. The molecule has 2 heteroatoms. The fourth-order valence-corrected chi connectivity index (χ4v) is 3.44. The molecule has 0 radical (unpaired) electrons. The number of hydrogen-bond donors (Lipinski definition) is 0. The number of para-hydroxylation sites is 1. The summed E-state index contributed by atoms with van der Waals surface area (Å²) in [5.41, 5.74) is 0. The van der Waals surface area contributed by atoms with Crippen molar-refractivity contribution in [3.63, 3.8) is 0 Å². The summed E-state index contributed by atoms with van der Waals surface area (Å²) in [6.07, 6.45) is 0. The first-order chi connectivity index (χ1) is 10.8. The van der Waals surface area contributed by atoms with Crippen LogP contribution in [-0.4, -0.2) is 0 Å². The molecule has 106 valence electrons. The molecule has 0 amide bonds. The normalized spacial score (nSPS) is 11.0. The summed E-state index contributed by atoms with van der Waals surface area (Å²) < 4.78 is 7.35. The van der Waals surface area contributed by atoms with Gasteiger partial charge in [0.15, 0.2) is 0 Å². The van der Waals surface area contributed by atoms with E-state index in [0.29, 0.717) is 0 Å². The van der Waals surface area contributed by atoms with Gasteiger partial charge in [0.2, 0.25) is 0 Å². The molecule has 4 aromatic rings. The fourth-order valence-electron chi connectivity index (χ4n) is 2.75. The second kappa shape index (κ2) is 5.47. The lowest BCUT2D eigenvalue weighted by atomic mass is 10.0. The summed E-state index contributed by atoms with van der Waals surface area (Å²) in [7, 11) is 0. The molecule has 0 aromatic heterocycles. The van der Waals surface area contributed by atoms with Crippen LogP contribution in [-0.2, 0) is 0 Å². The van der Waals surface area contributed by atoms with Gasteiger partial charge in [-0.3, -0.25) is 0 Å². The average molecular weight is 349 g/mol. The van der Waals surface area contributed by atoms with Crippen molar-refractivity contribution in [2.24, 2.45) is 0 Å². The molecule has 0 atom stereocenters. The maximum Gasteiger partial charge on any atom is 0.143 e. The molecule has 4 aromatic carbocycles. The molecule has 1 nitrogen and oxygen atoms in total. The van der Waals surface area contributed by atoms with Gasteiger partial charge in [-0.1, -0.05) is 66.7 Å². The van der Waals surface area contributed by atoms with Crippen LogP contribution in [0.2, 0.25) is 0 Å². The second-order valence-electron chi connectivity index (χ2n) is 5.15. The molecule has 4 rings (SSSR count). The van der Waals surface area contributed by atoms with E-state index in [4.69, 9.17) is 4.74 Å². The number of rotatable bonds is 2. The highest BCUT2D eigenvalue weighted by Crippen LogP contribution is 2.42. The third-order valence-corrected chi connectivity index (χ3v) is 4.63. The van der Waals surface area contributed by atoms with Crippen molar-refractivity contribution < 1.29 is 4.74 Å². The Kier molecular flexibility index (Phi) is 3.32. The highest BCUT2D eigenvalue weighted by molar-refractivity contribution is 9.10. The lowest BCUT2D eigenvalue weighted by Gasteiger charge is -2.14. The molecule has 22 heavy (non-hydrogen) atoms. The molecule has 0 aliphatic rings. The molecular formula is C20H13BrO. The van der Waals surface area contributed by atoms with Crippen LogP contribution in [0.25, 0.3) is 21.5 Å². The third-order valence-electron chi connectivity index (χ3n) is 3.78. The standard InChI is InChI=1S/C20H13BrO/c21-19-15-10-4-6-12-17(15)20(18-13-7-5-11-16(18)19)22-14-8-2-1-3-9-14/h1-13H. The number of hydrogen-bond acceptors (Lipinski definition) is 1. The first-order valence-corrected chi connectivity index (χ1v) is 7.96. The Labute approximate surface area is 137 Å². The minimum Gasteiger partial charge on any atom is -0.456 e. The summed E-state index contributed by atoms with van der Waals surface area (Å²) in [5.74, 6) is 1.75. The van der Waals surface area contributed by atoms with E-state index < -0.39 is 0 Å². The SMILES string of the molecule is Brc1c2ccccc2c(Oc2ccccc2)c2ccccc12. The van der Waals surface area contributed by atoms with E-state index in [1.807, 2.05) is 54.6 Å². The van der Waals surface area contributed by atoms with E-state index in [9.17, 15) is 0 Å². The predicted octanol–water partition coefficient (Wildman–Crippen LogP) is 6.55. The zero-order chi connectivity index (χ0) is 14.9. The monoisotopic (exact) mass is 348 g/mol. The molecule has 0 saturated carbocycles. The van der Waals surface area contributed by atoms with Gasteiger partial charge in [-0.15, -0.1) is 0 Å².